The number of amides is 1. The predicted molar refractivity (Wildman–Crippen MR) is 91.6 cm³/mol. The van der Waals surface area contributed by atoms with Crippen molar-refractivity contribution in [1.29, 1.82) is 0 Å². The molecule has 1 aromatic rings. The number of carbonyl (C=O) groups excluding carboxylic acids is 1. The topological polar surface area (TPSA) is 23.6 Å². The van der Waals surface area contributed by atoms with E-state index in [-0.39, 0.29) is 5.91 Å². The molecule has 1 aliphatic heterocycles. The molecule has 3 heteroatoms. The minimum absolute atomic E-state index is 0.254. The lowest BCUT2D eigenvalue weighted by molar-refractivity contribution is -0.129. The van der Waals surface area contributed by atoms with E-state index in [0.29, 0.717) is 6.42 Å². The van der Waals surface area contributed by atoms with Crippen LogP contribution in [0, 0.1) is 0 Å². The van der Waals surface area contributed by atoms with E-state index in [2.05, 4.69) is 30.2 Å². The van der Waals surface area contributed by atoms with Crippen molar-refractivity contribution in [1.82, 2.24) is 9.80 Å². The molecule has 1 heterocycles. The fraction of sp³-hybridized carbons (Fsp3) is 0.421. The molecular formula is C19H26N2O. The summed E-state index contributed by atoms with van der Waals surface area (Å²) < 4.78 is 0. The summed E-state index contributed by atoms with van der Waals surface area (Å²) in [6.45, 7) is 11.9. The number of benzene rings is 1. The van der Waals surface area contributed by atoms with Crippen LogP contribution in [0.5, 0.6) is 0 Å². The standard InChI is InChI=1S/C19H26N2O/c1-3-11-20(12-4-2)16-18-10-6-5-9-17(18)15-19(22)21-13-7-8-14-21/h3-6,9-10H,1-2,7-8,11-16H2. The van der Waals surface area contributed by atoms with Crippen molar-refractivity contribution in [3.63, 3.8) is 0 Å². The highest BCUT2D eigenvalue weighted by atomic mass is 16.2. The summed E-state index contributed by atoms with van der Waals surface area (Å²) in [4.78, 5) is 16.6. The van der Waals surface area contributed by atoms with Gasteiger partial charge in [0.25, 0.3) is 0 Å². The van der Waals surface area contributed by atoms with Gasteiger partial charge in [-0.3, -0.25) is 9.69 Å². The van der Waals surface area contributed by atoms with Crippen LogP contribution in [0.2, 0.25) is 0 Å². The second-order valence-electron chi connectivity index (χ2n) is 5.80. The Morgan fingerprint density at radius 3 is 2.27 bits per heavy atom. The van der Waals surface area contributed by atoms with Gasteiger partial charge in [-0.25, -0.2) is 0 Å². The van der Waals surface area contributed by atoms with E-state index >= 15 is 0 Å². The Morgan fingerprint density at radius 1 is 1.09 bits per heavy atom. The zero-order valence-electron chi connectivity index (χ0n) is 13.3. The molecule has 1 aliphatic rings. The van der Waals surface area contributed by atoms with Crippen molar-refractivity contribution in [2.24, 2.45) is 0 Å². The van der Waals surface area contributed by atoms with E-state index in [0.717, 1.165) is 51.1 Å². The molecule has 1 amide bonds. The van der Waals surface area contributed by atoms with Crippen LogP contribution in [-0.2, 0) is 17.8 Å². The molecule has 0 saturated carbocycles. The first kappa shape index (κ1) is 16.5. The van der Waals surface area contributed by atoms with E-state index in [1.807, 2.05) is 29.2 Å². The molecule has 0 aliphatic carbocycles. The smallest absolute Gasteiger partial charge is 0.227 e. The first-order valence-electron chi connectivity index (χ1n) is 8.03. The second-order valence-corrected chi connectivity index (χ2v) is 5.80. The molecule has 0 spiro atoms. The first-order valence-corrected chi connectivity index (χ1v) is 8.03. The number of hydrogen-bond acceptors (Lipinski definition) is 2. The Balaban J connectivity index is 2.06. The van der Waals surface area contributed by atoms with Gasteiger partial charge in [0.15, 0.2) is 0 Å². The summed E-state index contributed by atoms with van der Waals surface area (Å²) in [7, 11) is 0. The van der Waals surface area contributed by atoms with Crippen LogP contribution in [0.25, 0.3) is 0 Å². The van der Waals surface area contributed by atoms with Gasteiger partial charge >= 0.3 is 0 Å². The van der Waals surface area contributed by atoms with Crippen LogP contribution in [0.3, 0.4) is 0 Å². The lowest BCUT2D eigenvalue weighted by atomic mass is 10.0. The summed E-state index contributed by atoms with van der Waals surface area (Å²) in [5.74, 6) is 0.254. The van der Waals surface area contributed by atoms with Gasteiger partial charge in [-0.15, -0.1) is 13.2 Å². The minimum Gasteiger partial charge on any atom is -0.342 e. The summed E-state index contributed by atoms with van der Waals surface area (Å²) in [6, 6.07) is 8.25. The number of hydrogen-bond donors (Lipinski definition) is 0. The van der Waals surface area contributed by atoms with Crippen molar-refractivity contribution >= 4 is 5.91 Å². The van der Waals surface area contributed by atoms with Crippen molar-refractivity contribution in [2.45, 2.75) is 25.8 Å². The average Bonchev–Trinajstić information content (AvgIpc) is 3.04. The molecule has 3 nitrogen and oxygen atoms in total. The van der Waals surface area contributed by atoms with Crippen LogP contribution in [0.1, 0.15) is 24.0 Å². The third-order valence-corrected chi connectivity index (χ3v) is 4.09. The molecule has 0 radical (unpaired) electrons. The second kappa shape index (κ2) is 8.54. The van der Waals surface area contributed by atoms with E-state index in [9.17, 15) is 4.79 Å². The first-order chi connectivity index (χ1) is 10.7. The van der Waals surface area contributed by atoms with E-state index in [1.165, 1.54) is 5.56 Å². The number of likely N-dealkylation sites (tertiary alicyclic amines) is 1. The highest BCUT2D eigenvalue weighted by Gasteiger charge is 2.19. The summed E-state index contributed by atoms with van der Waals surface area (Å²) in [5.41, 5.74) is 2.36. The Morgan fingerprint density at radius 2 is 1.68 bits per heavy atom. The predicted octanol–water partition coefficient (Wildman–Crippen LogP) is 3.03. The van der Waals surface area contributed by atoms with Crippen molar-refractivity contribution in [2.75, 3.05) is 26.2 Å². The Labute approximate surface area is 133 Å². The molecule has 118 valence electrons. The van der Waals surface area contributed by atoms with Gasteiger partial charge in [0.05, 0.1) is 6.42 Å². The largest absolute Gasteiger partial charge is 0.342 e. The minimum atomic E-state index is 0.254. The van der Waals surface area contributed by atoms with Crippen molar-refractivity contribution < 1.29 is 4.79 Å². The van der Waals surface area contributed by atoms with Gasteiger partial charge in [0.2, 0.25) is 5.91 Å². The Hall–Kier alpha value is -1.87. The van der Waals surface area contributed by atoms with Crippen molar-refractivity contribution in [3.8, 4) is 0 Å². The zero-order valence-corrected chi connectivity index (χ0v) is 13.3. The molecule has 0 unspecified atom stereocenters. The SMILES string of the molecule is C=CCN(CC=C)Cc1ccccc1CC(=O)N1CCCC1. The fourth-order valence-corrected chi connectivity index (χ4v) is 2.94. The highest BCUT2D eigenvalue weighted by molar-refractivity contribution is 5.79. The van der Waals surface area contributed by atoms with E-state index < -0.39 is 0 Å². The summed E-state index contributed by atoms with van der Waals surface area (Å²) >= 11 is 0. The Bertz CT molecular complexity index is 508. The lowest BCUT2D eigenvalue weighted by Crippen LogP contribution is -2.30. The van der Waals surface area contributed by atoms with Gasteiger partial charge in [0.1, 0.15) is 0 Å². The average molecular weight is 298 g/mol. The Kier molecular flexibility index (Phi) is 6.41. The maximum atomic E-state index is 12.4. The molecule has 22 heavy (non-hydrogen) atoms. The molecule has 2 rings (SSSR count). The number of nitrogens with zero attached hydrogens (tertiary/aromatic N) is 2. The van der Waals surface area contributed by atoms with Gasteiger partial charge in [0, 0.05) is 32.7 Å². The van der Waals surface area contributed by atoms with Crippen LogP contribution in [0.4, 0.5) is 0 Å². The van der Waals surface area contributed by atoms with Crippen LogP contribution >= 0.6 is 0 Å². The molecule has 1 fully saturated rings. The van der Waals surface area contributed by atoms with Gasteiger partial charge < -0.3 is 4.90 Å². The maximum absolute atomic E-state index is 12.4. The van der Waals surface area contributed by atoms with Gasteiger partial charge in [-0.2, -0.15) is 0 Å². The molecule has 0 N–H and O–H groups in total. The van der Waals surface area contributed by atoms with Crippen LogP contribution in [-0.4, -0.2) is 41.9 Å². The van der Waals surface area contributed by atoms with E-state index in [1.54, 1.807) is 0 Å². The monoisotopic (exact) mass is 298 g/mol. The van der Waals surface area contributed by atoms with Crippen LogP contribution in [0.15, 0.2) is 49.6 Å². The lowest BCUT2D eigenvalue weighted by Gasteiger charge is -2.21. The zero-order chi connectivity index (χ0) is 15.8. The molecule has 1 aromatic carbocycles. The van der Waals surface area contributed by atoms with Crippen molar-refractivity contribution in [3.05, 3.63) is 60.7 Å². The van der Waals surface area contributed by atoms with Gasteiger partial charge in [-0.1, -0.05) is 36.4 Å². The third kappa shape index (κ3) is 4.57. The molecular weight excluding hydrogens is 272 g/mol. The third-order valence-electron chi connectivity index (χ3n) is 4.09. The molecule has 1 saturated heterocycles. The molecule has 0 bridgehead atoms. The van der Waals surface area contributed by atoms with E-state index in [4.69, 9.17) is 0 Å². The fourth-order valence-electron chi connectivity index (χ4n) is 2.94. The quantitative estimate of drug-likeness (QED) is 0.689. The summed E-state index contributed by atoms with van der Waals surface area (Å²) in [6.07, 6.45) is 6.59. The van der Waals surface area contributed by atoms with Gasteiger partial charge in [-0.05, 0) is 24.0 Å². The number of rotatable bonds is 8. The highest BCUT2D eigenvalue weighted by Crippen LogP contribution is 2.16. The molecule has 0 aromatic heterocycles. The normalized spacial score (nSPS) is 14.3. The van der Waals surface area contributed by atoms with Crippen LogP contribution < -0.4 is 0 Å². The molecule has 0 atom stereocenters. The number of carbonyl (C=O) groups is 1. The summed E-state index contributed by atoms with van der Waals surface area (Å²) in [5, 5.41) is 0. The maximum Gasteiger partial charge on any atom is 0.227 e.